The Labute approximate surface area is 104 Å². The Morgan fingerprint density at radius 1 is 1.53 bits per heavy atom. The van der Waals surface area contributed by atoms with Crippen LogP contribution >= 0.6 is 0 Å². The van der Waals surface area contributed by atoms with Gasteiger partial charge in [0.05, 0.1) is 0 Å². The number of ether oxygens (including phenoxy) is 1. The van der Waals surface area contributed by atoms with Crippen molar-refractivity contribution in [1.82, 2.24) is 10.2 Å². The molecule has 100 valence electrons. The van der Waals surface area contributed by atoms with Gasteiger partial charge in [0.25, 0.3) is 0 Å². The number of likely N-dealkylation sites (tertiary alicyclic amines) is 1. The van der Waals surface area contributed by atoms with Crippen molar-refractivity contribution in [3.8, 4) is 0 Å². The summed E-state index contributed by atoms with van der Waals surface area (Å²) in [7, 11) is 1.89. The van der Waals surface area contributed by atoms with Gasteiger partial charge < -0.3 is 20.7 Å². The van der Waals surface area contributed by atoms with Crippen LogP contribution in [0.2, 0.25) is 0 Å². The van der Waals surface area contributed by atoms with Crippen molar-refractivity contribution in [2.75, 3.05) is 26.7 Å². The Bertz CT molecular complexity index is 269. The van der Waals surface area contributed by atoms with Gasteiger partial charge >= 0.3 is 6.09 Å². The average Bonchev–Trinajstić information content (AvgIpc) is 2.27. The maximum absolute atomic E-state index is 12.0. The molecule has 1 aliphatic heterocycles. The third-order valence-corrected chi connectivity index (χ3v) is 3.15. The second kappa shape index (κ2) is 5.23. The van der Waals surface area contributed by atoms with Crippen molar-refractivity contribution in [3.05, 3.63) is 0 Å². The number of hydrogen-bond acceptors (Lipinski definition) is 4. The number of carbonyl (C=O) groups is 1. The van der Waals surface area contributed by atoms with Crippen LogP contribution in [0.5, 0.6) is 0 Å². The van der Waals surface area contributed by atoms with Crippen molar-refractivity contribution in [1.29, 1.82) is 0 Å². The normalized spacial score (nSPS) is 25.8. The minimum Gasteiger partial charge on any atom is -0.444 e. The third-order valence-electron chi connectivity index (χ3n) is 3.15. The van der Waals surface area contributed by atoms with Gasteiger partial charge in [0.15, 0.2) is 0 Å². The molecule has 0 aromatic carbocycles. The van der Waals surface area contributed by atoms with E-state index in [0.29, 0.717) is 13.1 Å². The number of piperidine rings is 1. The Kier molecular flexibility index (Phi) is 4.38. The minimum absolute atomic E-state index is 0.158. The Balaban J connectivity index is 2.63. The van der Waals surface area contributed by atoms with Crippen molar-refractivity contribution >= 4 is 6.09 Å². The van der Waals surface area contributed by atoms with Crippen molar-refractivity contribution in [2.24, 2.45) is 5.73 Å². The minimum atomic E-state index is -0.445. The zero-order valence-corrected chi connectivity index (χ0v) is 11.4. The van der Waals surface area contributed by atoms with Crippen LogP contribution in [0, 0.1) is 0 Å². The van der Waals surface area contributed by atoms with Gasteiger partial charge in [-0.3, -0.25) is 0 Å². The van der Waals surface area contributed by atoms with Crippen LogP contribution in [-0.2, 0) is 4.74 Å². The maximum Gasteiger partial charge on any atom is 0.410 e. The molecule has 0 bridgehead atoms. The number of nitrogens with zero attached hydrogens (tertiary/aromatic N) is 1. The van der Waals surface area contributed by atoms with E-state index in [1.807, 2.05) is 27.8 Å². The number of nitrogens with two attached hydrogens (primary N) is 1. The van der Waals surface area contributed by atoms with Gasteiger partial charge in [-0.15, -0.1) is 0 Å². The predicted octanol–water partition coefficient (Wildman–Crippen LogP) is 0.934. The first-order chi connectivity index (χ1) is 7.82. The topological polar surface area (TPSA) is 67.6 Å². The predicted molar refractivity (Wildman–Crippen MR) is 67.9 cm³/mol. The summed E-state index contributed by atoms with van der Waals surface area (Å²) in [6, 6.07) is 0. The molecule has 1 saturated heterocycles. The highest BCUT2D eigenvalue weighted by atomic mass is 16.6. The summed E-state index contributed by atoms with van der Waals surface area (Å²) in [5.41, 5.74) is 5.19. The molecular weight excluding hydrogens is 218 g/mol. The second-order valence-electron chi connectivity index (χ2n) is 5.74. The van der Waals surface area contributed by atoms with E-state index in [0.717, 1.165) is 19.4 Å². The Hall–Kier alpha value is -0.810. The summed E-state index contributed by atoms with van der Waals surface area (Å²) < 4.78 is 5.38. The molecule has 0 aromatic rings. The Morgan fingerprint density at radius 2 is 2.18 bits per heavy atom. The molecule has 1 unspecified atom stereocenters. The molecule has 0 saturated carbocycles. The van der Waals surface area contributed by atoms with Gasteiger partial charge in [-0.2, -0.15) is 0 Å². The molecule has 3 N–H and O–H groups in total. The molecular formula is C12H25N3O2. The van der Waals surface area contributed by atoms with E-state index in [2.05, 4.69) is 5.32 Å². The fraction of sp³-hybridized carbons (Fsp3) is 0.917. The number of likely N-dealkylation sites (N-methyl/N-ethyl adjacent to an activating group) is 1. The van der Waals surface area contributed by atoms with Crippen LogP contribution in [0.1, 0.15) is 33.6 Å². The van der Waals surface area contributed by atoms with Crippen LogP contribution in [0.25, 0.3) is 0 Å². The van der Waals surface area contributed by atoms with E-state index in [4.69, 9.17) is 10.5 Å². The van der Waals surface area contributed by atoms with Crippen LogP contribution in [-0.4, -0.2) is 48.8 Å². The van der Waals surface area contributed by atoms with Crippen molar-refractivity contribution in [2.45, 2.75) is 44.8 Å². The molecule has 1 aliphatic rings. The maximum atomic E-state index is 12.0. The summed E-state index contributed by atoms with van der Waals surface area (Å²) in [6.07, 6.45) is 1.71. The van der Waals surface area contributed by atoms with Gasteiger partial charge in [0, 0.05) is 25.2 Å². The van der Waals surface area contributed by atoms with Crippen LogP contribution in [0.4, 0.5) is 4.79 Å². The van der Waals surface area contributed by atoms with Crippen molar-refractivity contribution < 1.29 is 9.53 Å². The lowest BCUT2D eigenvalue weighted by molar-refractivity contribution is 0.0122. The lowest BCUT2D eigenvalue weighted by Crippen LogP contribution is -2.61. The van der Waals surface area contributed by atoms with E-state index in [-0.39, 0.29) is 11.6 Å². The summed E-state index contributed by atoms with van der Waals surface area (Å²) in [4.78, 5) is 13.7. The number of nitrogens with one attached hydrogen (secondary N) is 1. The fourth-order valence-electron chi connectivity index (χ4n) is 2.09. The molecule has 1 amide bonds. The molecule has 0 aromatic heterocycles. The lowest BCUT2D eigenvalue weighted by atomic mass is 9.89. The smallest absolute Gasteiger partial charge is 0.410 e. The van der Waals surface area contributed by atoms with Gasteiger partial charge in [-0.25, -0.2) is 4.79 Å². The standard InChI is InChI=1S/C12H25N3O2/c1-11(2,3)17-10(16)15-7-5-6-12(8-13,9-15)14-4/h14H,5-9,13H2,1-4H3. The largest absolute Gasteiger partial charge is 0.444 e. The highest BCUT2D eigenvalue weighted by Crippen LogP contribution is 2.21. The van der Waals surface area contributed by atoms with E-state index >= 15 is 0 Å². The van der Waals surface area contributed by atoms with E-state index in [1.54, 1.807) is 4.90 Å². The SMILES string of the molecule is CNC1(CN)CCCN(C(=O)OC(C)(C)C)C1. The van der Waals surface area contributed by atoms with E-state index in [1.165, 1.54) is 0 Å². The molecule has 1 fully saturated rings. The van der Waals surface area contributed by atoms with Gasteiger partial charge in [0.2, 0.25) is 0 Å². The van der Waals surface area contributed by atoms with Crippen LogP contribution in [0.3, 0.4) is 0 Å². The number of hydrogen-bond donors (Lipinski definition) is 2. The number of rotatable bonds is 2. The summed E-state index contributed by atoms with van der Waals surface area (Å²) in [5.74, 6) is 0. The first-order valence-electron chi connectivity index (χ1n) is 6.19. The van der Waals surface area contributed by atoms with Gasteiger partial charge in [-0.1, -0.05) is 0 Å². The molecule has 5 nitrogen and oxygen atoms in total. The van der Waals surface area contributed by atoms with Gasteiger partial charge in [-0.05, 0) is 40.7 Å². The highest BCUT2D eigenvalue weighted by Gasteiger charge is 2.36. The highest BCUT2D eigenvalue weighted by molar-refractivity contribution is 5.68. The first-order valence-corrected chi connectivity index (χ1v) is 6.19. The molecule has 5 heteroatoms. The first kappa shape index (κ1) is 14.3. The van der Waals surface area contributed by atoms with E-state index < -0.39 is 5.60 Å². The lowest BCUT2D eigenvalue weighted by Gasteiger charge is -2.42. The number of amides is 1. The van der Waals surface area contributed by atoms with E-state index in [9.17, 15) is 4.79 Å². The quantitative estimate of drug-likeness (QED) is 0.757. The Morgan fingerprint density at radius 3 is 2.65 bits per heavy atom. The monoisotopic (exact) mass is 243 g/mol. The fourth-order valence-corrected chi connectivity index (χ4v) is 2.09. The molecule has 17 heavy (non-hydrogen) atoms. The molecule has 1 heterocycles. The number of carbonyl (C=O) groups excluding carboxylic acids is 1. The third kappa shape index (κ3) is 3.85. The molecule has 0 radical (unpaired) electrons. The zero-order valence-electron chi connectivity index (χ0n) is 11.4. The zero-order chi connectivity index (χ0) is 13.1. The van der Waals surface area contributed by atoms with Crippen LogP contribution in [0.15, 0.2) is 0 Å². The van der Waals surface area contributed by atoms with Crippen molar-refractivity contribution in [3.63, 3.8) is 0 Å². The summed E-state index contributed by atoms with van der Waals surface area (Å²) in [6.45, 7) is 7.53. The molecule has 1 atom stereocenters. The molecule has 0 spiro atoms. The summed E-state index contributed by atoms with van der Waals surface area (Å²) >= 11 is 0. The average molecular weight is 243 g/mol. The van der Waals surface area contributed by atoms with Crippen LogP contribution < -0.4 is 11.1 Å². The summed E-state index contributed by atoms with van der Waals surface area (Å²) in [5, 5.41) is 3.24. The van der Waals surface area contributed by atoms with Gasteiger partial charge in [0.1, 0.15) is 5.60 Å². The molecule has 0 aliphatic carbocycles. The second-order valence-corrected chi connectivity index (χ2v) is 5.74. The molecule has 1 rings (SSSR count).